The van der Waals surface area contributed by atoms with Crippen LogP contribution in [0.15, 0.2) is 58.8 Å². The van der Waals surface area contributed by atoms with E-state index in [1.54, 1.807) is 18.2 Å². The Hall–Kier alpha value is -3.46. The van der Waals surface area contributed by atoms with Crippen LogP contribution in [-0.4, -0.2) is 52.7 Å². The minimum Gasteiger partial charge on any atom is -0.460 e. The number of aromatic nitrogens is 1. The van der Waals surface area contributed by atoms with Crippen molar-refractivity contribution in [3.8, 4) is 0 Å². The number of esters is 1. The van der Waals surface area contributed by atoms with Gasteiger partial charge in [0.2, 0.25) is 5.91 Å². The van der Waals surface area contributed by atoms with E-state index in [0.717, 1.165) is 5.57 Å². The van der Waals surface area contributed by atoms with Gasteiger partial charge in [-0.1, -0.05) is 62.8 Å². The van der Waals surface area contributed by atoms with Gasteiger partial charge in [-0.3, -0.25) is 9.59 Å². The predicted octanol–water partition coefficient (Wildman–Crippen LogP) is 3.04. The minimum atomic E-state index is -0.924. The SMILES string of the molecule is C=C1Cc2nc(co2)C(=O)N[C@H](C)C(=O)O[C@H](C(C)C)[C@H](C)/C=C/C(=O)NC/C=C/C(C)=C/[C@@H](O)C1. The van der Waals surface area contributed by atoms with Crippen LogP contribution in [0, 0.1) is 11.8 Å². The van der Waals surface area contributed by atoms with E-state index in [1.165, 1.54) is 19.3 Å². The van der Waals surface area contributed by atoms with Crippen LogP contribution in [0.25, 0.3) is 0 Å². The van der Waals surface area contributed by atoms with E-state index in [0.29, 0.717) is 12.1 Å². The predicted molar refractivity (Wildman–Crippen MR) is 136 cm³/mol. The molecule has 0 aliphatic carbocycles. The number of cyclic esters (lactones) is 1. The molecule has 0 saturated carbocycles. The molecular formula is C27H37N3O6. The summed E-state index contributed by atoms with van der Waals surface area (Å²) in [5.41, 5.74) is 1.53. The zero-order valence-corrected chi connectivity index (χ0v) is 21.6. The summed E-state index contributed by atoms with van der Waals surface area (Å²) in [6.45, 7) is 13.3. The zero-order chi connectivity index (χ0) is 26.8. The van der Waals surface area contributed by atoms with Gasteiger partial charge in [-0.05, 0) is 32.3 Å². The van der Waals surface area contributed by atoms with Crippen molar-refractivity contribution in [3.63, 3.8) is 0 Å². The Kier molecular flexibility index (Phi) is 10.9. The second kappa shape index (κ2) is 13.6. The molecule has 36 heavy (non-hydrogen) atoms. The van der Waals surface area contributed by atoms with Gasteiger partial charge in [0, 0.05) is 18.9 Å². The number of nitrogens with one attached hydrogen (secondary N) is 2. The smallest absolute Gasteiger partial charge is 0.328 e. The Labute approximate surface area is 212 Å². The lowest BCUT2D eigenvalue weighted by Gasteiger charge is -2.27. The van der Waals surface area contributed by atoms with Crippen LogP contribution >= 0.6 is 0 Å². The largest absolute Gasteiger partial charge is 0.460 e. The average Bonchev–Trinajstić information content (AvgIpc) is 3.25. The fourth-order valence-electron chi connectivity index (χ4n) is 3.72. The van der Waals surface area contributed by atoms with E-state index in [-0.39, 0.29) is 42.2 Å². The molecule has 1 aromatic heterocycles. The molecule has 4 atom stereocenters. The third-order valence-corrected chi connectivity index (χ3v) is 5.59. The van der Waals surface area contributed by atoms with Crippen LogP contribution in [-0.2, 0) is 20.7 Å². The van der Waals surface area contributed by atoms with Gasteiger partial charge in [-0.15, -0.1) is 0 Å². The molecule has 0 unspecified atom stereocenters. The summed E-state index contributed by atoms with van der Waals surface area (Å²) in [7, 11) is 0. The molecule has 3 N–H and O–H groups in total. The van der Waals surface area contributed by atoms with E-state index >= 15 is 0 Å². The fraction of sp³-hybridized carbons (Fsp3) is 0.481. The quantitative estimate of drug-likeness (QED) is 0.400. The van der Waals surface area contributed by atoms with E-state index in [4.69, 9.17) is 9.15 Å². The Morgan fingerprint density at radius 1 is 1.19 bits per heavy atom. The van der Waals surface area contributed by atoms with Gasteiger partial charge >= 0.3 is 5.97 Å². The van der Waals surface area contributed by atoms with Crippen molar-refractivity contribution in [1.29, 1.82) is 0 Å². The van der Waals surface area contributed by atoms with Gasteiger partial charge in [0.25, 0.3) is 5.91 Å². The Bertz CT molecular complexity index is 1040. The van der Waals surface area contributed by atoms with Crippen LogP contribution in [0.4, 0.5) is 0 Å². The van der Waals surface area contributed by atoms with Crippen LogP contribution < -0.4 is 10.6 Å². The minimum absolute atomic E-state index is 0.0201. The van der Waals surface area contributed by atoms with Gasteiger partial charge in [0.1, 0.15) is 18.4 Å². The molecule has 9 nitrogen and oxygen atoms in total. The topological polar surface area (TPSA) is 131 Å². The highest BCUT2D eigenvalue weighted by atomic mass is 16.5. The molecule has 1 aromatic rings. The standard InChI is InChI=1S/C27H37N3O6/c1-16(2)25-19(5)9-10-23(32)28-11-7-8-17(3)12-21(31)13-18(4)14-24-30-22(15-35-24)26(33)29-20(6)27(34)36-25/h7-10,12,15-16,19-21,25,31H,4,11,13-14H2,1-3,5-6H3,(H,28,32)(H,29,33)/b8-7+,10-9+,17-12+/t19-,20-,21-,25-/m1/s1. The molecule has 9 heteroatoms. The summed E-state index contributed by atoms with van der Waals surface area (Å²) in [6.07, 6.45) is 8.90. The number of nitrogens with zero attached hydrogens (tertiary/aromatic N) is 1. The maximum Gasteiger partial charge on any atom is 0.328 e. The summed E-state index contributed by atoms with van der Waals surface area (Å²) in [6, 6.07) is -0.924. The molecule has 0 saturated heterocycles. The number of hydrogen-bond acceptors (Lipinski definition) is 7. The Morgan fingerprint density at radius 2 is 1.92 bits per heavy atom. The lowest BCUT2D eigenvalue weighted by molar-refractivity contribution is -0.155. The van der Waals surface area contributed by atoms with Gasteiger partial charge in [0.15, 0.2) is 11.6 Å². The average molecular weight is 500 g/mol. The summed E-state index contributed by atoms with van der Waals surface area (Å²) in [5.74, 6) is -1.42. The van der Waals surface area contributed by atoms with Crippen molar-refractivity contribution < 1.29 is 28.6 Å². The zero-order valence-electron chi connectivity index (χ0n) is 21.6. The second-order valence-corrected chi connectivity index (χ2v) is 9.44. The molecule has 0 aromatic carbocycles. The van der Waals surface area contributed by atoms with Crippen LogP contribution in [0.3, 0.4) is 0 Å². The molecule has 0 spiro atoms. The molecule has 0 radical (unpaired) electrons. The Balaban J connectivity index is 2.25. The summed E-state index contributed by atoms with van der Waals surface area (Å²) >= 11 is 0. The van der Waals surface area contributed by atoms with Crippen molar-refractivity contribution in [1.82, 2.24) is 15.6 Å². The van der Waals surface area contributed by atoms with Crippen molar-refractivity contribution in [2.45, 2.75) is 65.7 Å². The highest BCUT2D eigenvalue weighted by Gasteiger charge is 2.27. The molecule has 1 aliphatic heterocycles. The molecular weight excluding hydrogens is 462 g/mol. The number of carbonyl (C=O) groups is 3. The number of hydrogen-bond donors (Lipinski definition) is 3. The summed E-state index contributed by atoms with van der Waals surface area (Å²) in [5, 5.41) is 15.7. The second-order valence-electron chi connectivity index (χ2n) is 9.44. The molecule has 0 fully saturated rings. The first-order valence-electron chi connectivity index (χ1n) is 12.1. The molecule has 196 valence electrons. The number of ether oxygens (including phenoxy) is 1. The maximum atomic E-state index is 12.7. The van der Waals surface area contributed by atoms with Crippen LogP contribution in [0.5, 0.6) is 0 Å². The Morgan fingerprint density at radius 3 is 2.61 bits per heavy atom. The number of fused-ring (bicyclic) bond motifs is 2. The van der Waals surface area contributed by atoms with E-state index in [1.807, 2.05) is 33.8 Å². The monoisotopic (exact) mass is 499 g/mol. The number of oxazole rings is 1. The van der Waals surface area contributed by atoms with E-state index in [2.05, 4.69) is 22.2 Å². The lowest BCUT2D eigenvalue weighted by atomic mass is 9.94. The number of rotatable bonds is 1. The molecule has 2 bridgehead atoms. The molecule has 2 rings (SSSR count). The van der Waals surface area contributed by atoms with Crippen molar-refractivity contribution in [2.75, 3.05) is 6.54 Å². The van der Waals surface area contributed by atoms with Crippen molar-refractivity contribution in [3.05, 3.63) is 66.0 Å². The summed E-state index contributed by atoms with van der Waals surface area (Å²) in [4.78, 5) is 41.7. The van der Waals surface area contributed by atoms with Gasteiger partial charge in [0.05, 0.1) is 6.10 Å². The van der Waals surface area contributed by atoms with E-state index in [9.17, 15) is 19.5 Å². The van der Waals surface area contributed by atoms with Gasteiger partial charge in [-0.25, -0.2) is 9.78 Å². The fourth-order valence-corrected chi connectivity index (χ4v) is 3.72. The highest BCUT2D eigenvalue weighted by Crippen LogP contribution is 2.19. The number of carbonyl (C=O) groups excluding carboxylic acids is 3. The number of aliphatic hydroxyl groups is 1. The lowest BCUT2D eigenvalue weighted by Crippen LogP contribution is -2.42. The first kappa shape index (κ1) is 28.8. The maximum absolute atomic E-state index is 12.7. The van der Waals surface area contributed by atoms with Gasteiger partial charge < -0.3 is 24.9 Å². The third-order valence-electron chi connectivity index (χ3n) is 5.59. The number of aliphatic hydroxyl groups excluding tert-OH is 1. The summed E-state index contributed by atoms with van der Waals surface area (Å²) < 4.78 is 11.1. The van der Waals surface area contributed by atoms with Crippen LogP contribution in [0.2, 0.25) is 0 Å². The number of allylic oxidation sites excluding steroid dienone is 2. The third kappa shape index (κ3) is 9.30. The van der Waals surface area contributed by atoms with Gasteiger partial charge in [-0.2, -0.15) is 0 Å². The normalized spacial score (nSPS) is 28.9. The molecule has 2 amide bonds. The van der Waals surface area contributed by atoms with Crippen LogP contribution in [0.1, 0.15) is 57.4 Å². The molecule has 2 heterocycles. The van der Waals surface area contributed by atoms with E-state index < -0.39 is 30.1 Å². The number of amides is 2. The first-order valence-corrected chi connectivity index (χ1v) is 12.1. The highest BCUT2D eigenvalue weighted by molar-refractivity contribution is 5.94. The van der Waals surface area contributed by atoms with Crippen molar-refractivity contribution in [2.24, 2.45) is 11.8 Å². The molecule has 1 aliphatic rings. The first-order chi connectivity index (χ1) is 17.0. The van der Waals surface area contributed by atoms with Crippen molar-refractivity contribution >= 4 is 17.8 Å².